The monoisotopic (exact) mass is 449 g/mol. The maximum atomic E-state index is 11.4. The number of benzene rings is 2. The fourth-order valence-corrected chi connectivity index (χ4v) is 5.82. The average molecular weight is 450 g/mol. The third kappa shape index (κ3) is 4.59. The molecule has 0 aliphatic carbocycles. The first-order valence-electron chi connectivity index (χ1n) is 11.4. The van der Waals surface area contributed by atoms with Crippen molar-refractivity contribution in [1.29, 1.82) is 0 Å². The fraction of sp³-hybridized carbons (Fsp3) is 0.423. The number of hydrogen-bond donors (Lipinski definition) is 1. The van der Waals surface area contributed by atoms with Crippen molar-refractivity contribution in [1.82, 2.24) is 14.8 Å². The predicted octanol–water partition coefficient (Wildman–Crippen LogP) is 4.19. The van der Waals surface area contributed by atoms with E-state index in [0.717, 1.165) is 62.1 Å². The summed E-state index contributed by atoms with van der Waals surface area (Å²) in [6.07, 6.45) is 2.52. The molecule has 0 spiro atoms. The lowest BCUT2D eigenvalue weighted by atomic mass is 9.88. The lowest BCUT2D eigenvalue weighted by Crippen LogP contribution is -2.42. The molecule has 1 N–H and O–H groups in total. The number of aromatic nitrogens is 1. The summed E-state index contributed by atoms with van der Waals surface area (Å²) in [7, 11) is 1.72. The summed E-state index contributed by atoms with van der Waals surface area (Å²) in [6, 6.07) is 16.9. The van der Waals surface area contributed by atoms with Gasteiger partial charge in [-0.05, 0) is 36.5 Å². The molecule has 1 saturated heterocycles. The highest BCUT2D eigenvalue weighted by atomic mass is 32.1. The van der Waals surface area contributed by atoms with E-state index in [1.54, 1.807) is 18.4 Å². The third-order valence-electron chi connectivity index (χ3n) is 6.87. The number of ether oxygens (including phenoxy) is 1. The molecule has 168 valence electrons. The molecule has 2 aliphatic rings. The summed E-state index contributed by atoms with van der Waals surface area (Å²) in [6.45, 7) is 5.45. The van der Waals surface area contributed by atoms with E-state index in [-0.39, 0.29) is 0 Å². The van der Waals surface area contributed by atoms with Crippen LogP contribution in [-0.2, 0) is 31.7 Å². The standard InChI is InChI=1S/C26H31N3O2S/c1-31-23-9-5-4-8-22(23)17-28-14-11-26(30,12-15-28)24-19-32-25(27-24)18-29-13-10-20-6-2-3-7-21(20)16-29/h2-9,19,30H,10-18H2,1H3. The molecule has 0 radical (unpaired) electrons. The van der Waals surface area contributed by atoms with Gasteiger partial charge in [-0.3, -0.25) is 9.80 Å². The Labute approximate surface area is 194 Å². The largest absolute Gasteiger partial charge is 0.496 e. The van der Waals surface area contributed by atoms with Crippen molar-refractivity contribution in [3.63, 3.8) is 0 Å². The molecule has 0 bridgehead atoms. The number of methoxy groups -OCH3 is 1. The quantitative estimate of drug-likeness (QED) is 0.611. The molecular weight excluding hydrogens is 418 g/mol. The van der Waals surface area contributed by atoms with E-state index in [9.17, 15) is 5.11 Å². The maximum Gasteiger partial charge on any atom is 0.123 e. The van der Waals surface area contributed by atoms with E-state index in [2.05, 4.69) is 51.6 Å². The van der Waals surface area contributed by atoms with E-state index in [0.29, 0.717) is 12.8 Å². The van der Waals surface area contributed by atoms with Crippen LogP contribution in [0.15, 0.2) is 53.9 Å². The number of rotatable bonds is 6. The van der Waals surface area contributed by atoms with E-state index in [1.807, 2.05) is 12.1 Å². The Balaban J connectivity index is 1.18. The van der Waals surface area contributed by atoms with Gasteiger partial charge in [0.25, 0.3) is 0 Å². The van der Waals surface area contributed by atoms with Gasteiger partial charge in [0.05, 0.1) is 19.3 Å². The van der Waals surface area contributed by atoms with E-state index >= 15 is 0 Å². The molecule has 3 heterocycles. The predicted molar refractivity (Wildman–Crippen MR) is 128 cm³/mol. The number of fused-ring (bicyclic) bond motifs is 1. The van der Waals surface area contributed by atoms with Crippen LogP contribution in [0.5, 0.6) is 5.75 Å². The number of nitrogens with zero attached hydrogens (tertiary/aromatic N) is 3. The van der Waals surface area contributed by atoms with Gasteiger partial charge in [0.1, 0.15) is 16.4 Å². The van der Waals surface area contributed by atoms with Crippen LogP contribution in [0.4, 0.5) is 0 Å². The number of likely N-dealkylation sites (tertiary alicyclic amines) is 1. The molecule has 1 fully saturated rings. The minimum absolute atomic E-state index is 0.711. The highest BCUT2D eigenvalue weighted by molar-refractivity contribution is 7.09. The Morgan fingerprint density at radius 2 is 1.72 bits per heavy atom. The van der Waals surface area contributed by atoms with Gasteiger partial charge in [0.2, 0.25) is 0 Å². The van der Waals surface area contributed by atoms with Crippen molar-refractivity contribution >= 4 is 11.3 Å². The maximum absolute atomic E-state index is 11.4. The zero-order chi connectivity index (χ0) is 22.0. The van der Waals surface area contributed by atoms with Crippen LogP contribution in [0.25, 0.3) is 0 Å². The number of hydrogen-bond acceptors (Lipinski definition) is 6. The smallest absolute Gasteiger partial charge is 0.123 e. The minimum atomic E-state index is -0.819. The van der Waals surface area contributed by atoms with E-state index in [1.165, 1.54) is 16.7 Å². The van der Waals surface area contributed by atoms with Gasteiger partial charge in [-0.25, -0.2) is 4.98 Å². The number of aliphatic hydroxyl groups is 1. The summed E-state index contributed by atoms with van der Waals surface area (Å²) in [5, 5.41) is 14.5. The van der Waals surface area contributed by atoms with Gasteiger partial charge in [0.15, 0.2) is 0 Å². The van der Waals surface area contributed by atoms with E-state index < -0.39 is 5.60 Å². The molecule has 5 rings (SSSR count). The van der Waals surface area contributed by atoms with Crippen LogP contribution in [0.2, 0.25) is 0 Å². The Morgan fingerprint density at radius 3 is 2.53 bits per heavy atom. The average Bonchev–Trinajstić information content (AvgIpc) is 3.30. The minimum Gasteiger partial charge on any atom is -0.496 e. The molecular formula is C26H31N3O2S. The first-order chi connectivity index (χ1) is 15.6. The van der Waals surface area contributed by atoms with Crippen LogP contribution in [0, 0.1) is 0 Å². The Hall–Kier alpha value is -2.25. The lowest BCUT2D eigenvalue weighted by Gasteiger charge is -2.37. The van der Waals surface area contributed by atoms with Crippen molar-refractivity contribution in [2.75, 3.05) is 26.7 Å². The number of piperidine rings is 1. The van der Waals surface area contributed by atoms with Crippen LogP contribution < -0.4 is 4.74 Å². The van der Waals surface area contributed by atoms with Gasteiger partial charge in [-0.15, -0.1) is 11.3 Å². The molecule has 3 aromatic rings. The van der Waals surface area contributed by atoms with Crippen molar-refractivity contribution in [3.05, 3.63) is 81.3 Å². The number of thiazole rings is 1. The Kier molecular flexibility index (Phi) is 6.28. The molecule has 2 aromatic carbocycles. The topological polar surface area (TPSA) is 48.8 Å². The molecule has 0 saturated carbocycles. The first kappa shape index (κ1) is 21.6. The SMILES string of the molecule is COc1ccccc1CN1CCC(O)(c2csc(CN3CCc4ccccc4C3)n2)CC1. The molecule has 32 heavy (non-hydrogen) atoms. The highest BCUT2D eigenvalue weighted by Crippen LogP contribution is 2.35. The van der Waals surface area contributed by atoms with Crippen molar-refractivity contribution in [2.24, 2.45) is 0 Å². The summed E-state index contributed by atoms with van der Waals surface area (Å²) in [4.78, 5) is 9.74. The van der Waals surface area contributed by atoms with Crippen LogP contribution >= 0.6 is 11.3 Å². The first-order valence-corrected chi connectivity index (χ1v) is 12.3. The van der Waals surface area contributed by atoms with Gasteiger partial charge in [0, 0.05) is 43.7 Å². The molecule has 2 aliphatic heterocycles. The van der Waals surface area contributed by atoms with Gasteiger partial charge in [-0.2, -0.15) is 0 Å². The normalized spacial score (nSPS) is 18.9. The summed E-state index contributed by atoms with van der Waals surface area (Å²) in [5.74, 6) is 0.929. The molecule has 0 atom stereocenters. The second kappa shape index (κ2) is 9.32. The highest BCUT2D eigenvalue weighted by Gasteiger charge is 2.36. The van der Waals surface area contributed by atoms with E-state index in [4.69, 9.17) is 9.72 Å². The third-order valence-corrected chi connectivity index (χ3v) is 7.70. The Bertz CT molecular complexity index is 1060. The van der Waals surface area contributed by atoms with Gasteiger partial charge < -0.3 is 9.84 Å². The second-order valence-corrected chi connectivity index (χ2v) is 9.92. The van der Waals surface area contributed by atoms with Crippen molar-refractivity contribution in [3.8, 4) is 5.75 Å². The molecule has 6 heteroatoms. The number of para-hydroxylation sites is 1. The van der Waals surface area contributed by atoms with Crippen LogP contribution in [0.1, 0.15) is 40.2 Å². The van der Waals surface area contributed by atoms with Crippen molar-refractivity contribution in [2.45, 2.75) is 44.5 Å². The molecule has 0 amide bonds. The molecule has 1 aromatic heterocycles. The van der Waals surface area contributed by atoms with Gasteiger partial charge >= 0.3 is 0 Å². The van der Waals surface area contributed by atoms with Gasteiger partial charge in [-0.1, -0.05) is 42.5 Å². The fourth-order valence-electron chi connectivity index (χ4n) is 4.89. The summed E-state index contributed by atoms with van der Waals surface area (Å²) < 4.78 is 5.49. The molecule has 5 nitrogen and oxygen atoms in total. The van der Waals surface area contributed by atoms with Crippen LogP contribution in [0.3, 0.4) is 0 Å². The Morgan fingerprint density at radius 1 is 0.969 bits per heavy atom. The van der Waals surface area contributed by atoms with Crippen molar-refractivity contribution < 1.29 is 9.84 Å². The molecule has 0 unspecified atom stereocenters. The zero-order valence-electron chi connectivity index (χ0n) is 18.7. The zero-order valence-corrected chi connectivity index (χ0v) is 19.5. The van der Waals surface area contributed by atoms with Crippen LogP contribution in [-0.4, -0.2) is 46.6 Å². The second-order valence-electron chi connectivity index (χ2n) is 8.98. The lowest BCUT2D eigenvalue weighted by molar-refractivity contribution is -0.0309. The summed E-state index contributed by atoms with van der Waals surface area (Å²) >= 11 is 1.68. The summed E-state index contributed by atoms with van der Waals surface area (Å²) in [5.41, 5.74) is 4.13.